The lowest BCUT2D eigenvalue weighted by Gasteiger charge is -2.21. The van der Waals surface area contributed by atoms with E-state index < -0.39 is 0 Å². The SMILES string of the molecule is CC1CC(CN)CN1C(=O)c1cn(Cc2ccccc2)nc1-c1ccccc1. The molecule has 28 heavy (non-hydrogen) atoms. The zero-order valence-corrected chi connectivity index (χ0v) is 16.2. The van der Waals surface area contributed by atoms with Crippen molar-refractivity contribution in [2.75, 3.05) is 13.1 Å². The molecule has 2 N–H and O–H groups in total. The summed E-state index contributed by atoms with van der Waals surface area (Å²) in [7, 11) is 0. The van der Waals surface area contributed by atoms with Crippen LogP contribution in [-0.4, -0.2) is 39.7 Å². The Labute approximate surface area is 165 Å². The van der Waals surface area contributed by atoms with Crippen molar-refractivity contribution in [1.82, 2.24) is 14.7 Å². The highest BCUT2D eigenvalue weighted by Gasteiger charge is 2.34. The van der Waals surface area contributed by atoms with Gasteiger partial charge in [0, 0.05) is 24.3 Å². The topological polar surface area (TPSA) is 64.2 Å². The van der Waals surface area contributed by atoms with Crippen molar-refractivity contribution < 1.29 is 4.79 Å². The van der Waals surface area contributed by atoms with E-state index in [2.05, 4.69) is 19.1 Å². The number of hydrogen-bond donors (Lipinski definition) is 1. The van der Waals surface area contributed by atoms with E-state index in [0.29, 0.717) is 31.1 Å². The van der Waals surface area contributed by atoms with Gasteiger partial charge in [0.2, 0.25) is 0 Å². The standard InChI is InChI=1S/C23H26N4O/c1-17-12-19(13-24)15-27(17)23(28)21-16-26(14-18-8-4-2-5-9-18)25-22(21)20-10-6-3-7-11-20/h2-11,16-17,19H,12-15,24H2,1H3. The van der Waals surface area contributed by atoms with Gasteiger partial charge in [0.15, 0.2) is 0 Å². The second-order valence-corrected chi connectivity index (χ2v) is 7.58. The molecule has 3 aromatic rings. The van der Waals surface area contributed by atoms with Gasteiger partial charge in [-0.3, -0.25) is 9.48 Å². The predicted molar refractivity (Wildman–Crippen MR) is 111 cm³/mol. The van der Waals surface area contributed by atoms with E-state index in [4.69, 9.17) is 10.8 Å². The van der Waals surface area contributed by atoms with E-state index in [1.807, 2.05) is 64.3 Å². The van der Waals surface area contributed by atoms with Crippen molar-refractivity contribution in [3.63, 3.8) is 0 Å². The summed E-state index contributed by atoms with van der Waals surface area (Å²) in [5, 5.41) is 4.78. The first-order valence-electron chi connectivity index (χ1n) is 9.83. The van der Waals surface area contributed by atoms with Gasteiger partial charge in [0.25, 0.3) is 5.91 Å². The van der Waals surface area contributed by atoms with E-state index in [1.165, 1.54) is 0 Å². The third-order valence-corrected chi connectivity index (χ3v) is 5.48. The first-order valence-corrected chi connectivity index (χ1v) is 9.83. The van der Waals surface area contributed by atoms with Crippen LogP contribution in [0.4, 0.5) is 0 Å². The minimum atomic E-state index is 0.0432. The number of hydrogen-bond acceptors (Lipinski definition) is 3. The minimum absolute atomic E-state index is 0.0432. The summed E-state index contributed by atoms with van der Waals surface area (Å²) in [5.74, 6) is 0.417. The zero-order chi connectivity index (χ0) is 19.5. The van der Waals surface area contributed by atoms with Crippen LogP contribution in [-0.2, 0) is 6.54 Å². The largest absolute Gasteiger partial charge is 0.335 e. The molecule has 0 saturated carbocycles. The maximum Gasteiger partial charge on any atom is 0.257 e. The molecule has 0 spiro atoms. The van der Waals surface area contributed by atoms with Crippen LogP contribution in [0.15, 0.2) is 66.9 Å². The summed E-state index contributed by atoms with van der Waals surface area (Å²) in [6.45, 7) is 4.07. The third-order valence-electron chi connectivity index (χ3n) is 5.48. The molecule has 1 aliphatic heterocycles. The maximum absolute atomic E-state index is 13.4. The fourth-order valence-electron chi connectivity index (χ4n) is 3.99. The molecule has 5 heteroatoms. The summed E-state index contributed by atoms with van der Waals surface area (Å²) < 4.78 is 1.87. The molecule has 1 saturated heterocycles. The highest BCUT2D eigenvalue weighted by molar-refractivity contribution is 6.00. The molecular weight excluding hydrogens is 348 g/mol. The summed E-state index contributed by atoms with van der Waals surface area (Å²) in [6, 6.07) is 20.3. The van der Waals surface area contributed by atoms with Gasteiger partial charge in [0.05, 0.1) is 12.1 Å². The zero-order valence-electron chi connectivity index (χ0n) is 16.2. The average Bonchev–Trinajstić information content (AvgIpc) is 3.32. The van der Waals surface area contributed by atoms with Crippen LogP contribution in [0.25, 0.3) is 11.3 Å². The van der Waals surface area contributed by atoms with E-state index in [9.17, 15) is 4.79 Å². The van der Waals surface area contributed by atoms with Crippen LogP contribution >= 0.6 is 0 Å². The maximum atomic E-state index is 13.4. The molecule has 0 bridgehead atoms. The molecule has 1 amide bonds. The lowest BCUT2D eigenvalue weighted by molar-refractivity contribution is 0.0744. The van der Waals surface area contributed by atoms with Crippen LogP contribution < -0.4 is 5.73 Å². The van der Waals surface area contributed by atoms with Gasteiger partial charge in [-0.25, -0.2) is 0 Å². The molecule has 2 atom stereocenters. The van der Waals surface area contributed by atoms with Crippen LogP contribution in [0.5, 0.6) is 0 Å². The van der Waals surface area contributed by atoms with E-state index in [-0.39, 0.29) is 11.9 Å². The molecule has 2 unspecified atom stereocenters. The number of rotatable bonds is 5. The van der Waals surface area contributed by atoms with Crippen molar-refractivity contribution in [3.05, 3.63) is 78.0 Å². The molecular formula is C23H26N4O. The number of amides is 1. The number of aromatic nitrogens is 2. The van der Waals surface area contributed by atoms with Crippen molar-refractivity contribution in [1.29, 1.82) is 0 Å². The van der Waals surface area contributed by atoms with Gasteiger partial charge < -0.3 is 10.6 Å². The minimum Gasteiger partial charge on any atom is -0.335 e. The second kappa shape index (κ2) is 7.98. The second-order valence-electron chi connectivity index (χ2n) is 7.58. The molecule has 4 rings (SSSR count). The Morgan fingerprint density at radius 1 is 1.11 bits per heavy atom. The Bertz CT molecular complexity index is 936. The third kappa shape index (κ3) is 3.71. The van der Waals surface area contributed by atoms with E-state index >= 15 is 0 Å². The van der Waals surface area contributed by atoms with Crippen molar-refractivity contribution in [2.45, 2.75) is 25.9 Å². The Kier molecular flexibility index (Phi) is 5.26. The number of nitrogens with two attached hydrogens (primary N) is 1. The molecule has 144 valence electrons. The fourth-order valence-corrected chi connectivity index (χ4v) is 3.99. The van der Waals surface area contributed by atoms with Crippen LogP contribution in [0, 0.1) is 5.92 Å². The van der Waals surface area contributed by atoms with Crippen molar-refractivity contribution >= 4 is 5.91 Å². The average molecular weight is 374 g/mol. The van der Waals surface area contributed by atoms with Gasteiger partial charge in [-0.15, -0.1) is 0 Å². The molecule has 0 radical (unpaired) electrons. The number of carbonyl (C=O) groups is 1. The van der Waals surface area contributed by atoms with Crippen molar-refractivity contribution in [3.8, 4) is 11.3 Å². The lowest BCUT2D eigenvalue weighted by atomic mass is 10.1. The predicted octanol–water partition coefficient (Wildman–Crippen LogP) is 3.41. The molecule has 1 aliphatic rings. The van der Waals surface area contributed by atoms with E-state index in [0.717, 1.165) is 23.2 Å². The van der Waals surface area contributed by atoms with Crippen molar-refractivity contribution in [2.24, 2.45) is 11.7 Å². The number of carbonyl (C=O) groups excluding carboxylic acids is 1. The van der Waals surface area contributed by atoms with Gasteiger partial charge >= 0.3 is 0 Å². The highest BCUT2D eigenvalue weighted by Crippen LogP contribution is 2.28. The number of nitrogens with zero attached hydrogens (tertiary/aromatic N) is 3. The van der Waals surface area contributed by atoms with Crippen LogP contribution in [0.3, 0.4) is 0 Å². The summed E-state index contributed by atoms with van der Waals surface area (Å²) in [4.78, 5) is 15.4. The van der Waals surface area contributed by atoms with Gasteiger partial charge in [-0.2, -0.15) is 5.10 Å². The van der Waals surface area contributed by atoms with Gasteiger partial charge in [-0.1, -0.05) is 60.7 Å². The highest BCUT2D eigenvalue weighted by atomic mass is 16.2. The molecule has 2 heterocycles. The van der Waals surface area contributed by atoms with Crippen LogP contribution in [0.1, 0.15) is 29.3 Å². The van der Waals surface area contributed by atoms with Gasteiger partial charge in [-0.05, 0) is 31.4 Å². The number of benzene rings is 2. The smallest absolute Gasteiger partial charge is 0.257 e. The van der Waals surface area contributed by atoms with Gasteiger partial charge in [0.1, 0.15) is 5.69 Å². The normalized spacial score (nSPS) is 19.1. The lowest BCUT2D eigenvalue weighted by Crippen LogP contribution is -2.34. The summed E-state index contributed by atoms with van der Waals surface area (Å²) >= 11 is 0. The Morgan fingerprint density at radius 3 is 2.43 bits per heavy atom. The summed E-state index contributed by atoms with van der Waals surface area (Å²) in [6.07, 6.45) is 2.85. The molecule has 0 aliphatic carbocycles. The quantitative estimate of drug-likeness (QED) is 0.744. The monoisotopic (exact) mass is 374 g/mol. The Morgan fingerprint density at radius 2 is 1.79 bits per heavy atom. The molecule has 1 fully saturated rings. The first kappa shape index (κ1) is 18.4. The fraction of sp³-hybridized carbons (Fsp3) is 0.304. The molecule has 5 nitrogen and oxygen atoms in total. The molecule has 2 aromatic carbocycles. The Balaban J connectivity index is 1.69. The Hall–Kier alpha value is -2.92. The van der Waals surface area contributed by atoms with E-state index in [1.54, 1.807) is 0 Å². The number of likely N-dealkylation sites (tertiary alicyclic amines) is 1. The molecule has 1 aromatic heterocycles. The van der Waals surface area contributed by atoms with Crippen LogP contribution in [0.2, 0.25) is 0 Å². The summed E-state index contributed by atoms with van der Waals surface area (Å²) in [5.41, 5.74) is 9.37. The first-order chi connectivity index (χ1) is 13.7.